The maximum absolute atomic E-state index is 12.1. The Kier molecular flexibility index (Phi) is 5.33. The van der Waals surface area contributed by atoms with Crippen molar-refractivity contribution in [2.24, 2.45) is 0 Å². The van der Waals surface area contributed by atoms with Gasteiger partial charge in [-0.25, -0.2) is 0 Å². The lowest BCUT2D eigenvalue weighted by molar-refractivity contribution is 0.0917. The van der Waals surface area contributed by atoms with E-state index in [4.69, 9.17) is 28.2 Å². The summed E-state index contributed by atoms with van der Waals surface area (Å²) in [6.07, 6.45) is 0. The van der Waals surface area contributed by atoms with Gasteiger partial charge in [0.15, 0.2) is 10.9 Å². The van der Waals surface area contributed by atoms with Gasteiger partial charge in [0, 0.05) is 11.3 Å². The first-order chi connectivity index (χ1) is 12.1. The molecule has 0 unspecified atom stereocenters. The van der Waals surface area contributed by atoms with Crippen LogP contribution >= 0.6 is 23.8 Å². The summed E-state index contributed by atoms with van der Waals surface area (Å²) in [6.45, 7) is 0. The van der Waals surface area contributed by atoms with E-state index in [1.165, 1.54) is 0 Å². The second kappa shape index (κ2) is 7.83. The molecular weight excluding hydrogens is 358 g/mol. The highest BCUT2D eigenvalue weighted by Gasteiger charge is 2.13. The van der Waals surface area contributed by atoms with E-state index in [9.17, 15) is 4.79 Å². The zero-order valence-corrected chi connectivity index (χ0v) is 14.5. The van der Waals surface area contributed by atoms with Gasteiger partial charge in [0.1, 0.15) is 5.76 Å². The van der Waals surface area contributed by atoms with Crippen LogP contribution in [-0.4, -0.2) is 11.0 Å². The molecule has 0 aliphatic carbocycles. The minimum atomic E-state index is -0.449. The van der Waals surface area contributed by atoms with Crippen molar-refractivity contribution in [2.75, 3.05) is 5.32 Å². The molecule has 0 spiro atoms. The van der Waals surface area contributed by atoms with Crippen LogP contribution in [0, 0.1) is 0 Å². The number of carbonyl (C=O) groups is 1. The van der Waals surface area contributed by atoms with E-state index >= 15 is 0 Å². The number of rotatable bonds is 3. The number of hydrogen-bond donors (Lipinski definition) is 3. The molecule has 3 N–H and O–H groups in total. The smallest absolute Gasteiger partial charge is 0.305 e. The predicted molar refractivity (Wildman–Crippen MR) is 102 cm³/mol. The SMILES string of the molecule is O=C(NNC(=S)Nc1ccccc1)c1ccc(-c2ccccc2Cl)o1. The molecule has 0 aliphatic rings. The quantitative estimate of drug-likeness (QED) is 0.475. The van der Waals surface area contributed by atoms with Gasteiger partial charge in [-0.3, -0.25) is 15.6 Å². The Morgan fingerprint density at radius 2 is 1.64 bits per heavy atom. The summed E-state index contributed by atoms with van der Waals surface area (Å²) in [4.78, 5) is 12.1. The van der Waals surface area contributed by atoms with Gasteiger partial charge >= 0.3 is 5.91 Å². The molecule has 0 aliphatic heterocycles. The maximum atomic E-state index is 12.1. The summed E-state index contributed by atoms with van der Waals surface area (Å²) < 4.78 is 5.56. The minimum Gasteiger partial charge on any atom is -0.451 e. The van der Waals surface area contributed by atoms with Crippen molar-refractivity contribution in [3.8, 4) is 11.3 Å². The van der Waals surface area contributed by atoms with Gasteiger partial charge in [-0.15, -0.1) is 0 Å². The molecule has 1 heterocycles. The van der Waals surface area contributed by atoms with Crippen molar-refractivity contribution in [3.05, 3.63) is 77.5 Å². The van der Waals surface area contributed by atoms with Crippen molar-refractivity contribution in [2.45, 2.75) is 0 Å². The molecule has 0 saturated heterocycles. The largest absolute Gasteiger partial charge is 0.451 e. The third kappa shape index (κ3) is 4.37. The Bertz CT molecular complexity index is 896. The van der Waals surface area contributed by atoms with Crippen LogP contribution in [0.4, 0.5) is 5.69 Å². The number of anilines is 1. The topological polar surface area (TPSA) is 66.3 Å². The average molecular weight is 372 g/mol. The summed E-state index contributed by atoms with van der Waals surface area (Å²) in [7, 11) is 0. The number of thiocarbonyl (C=S) groups is 1. The summed E-state index contributed by atoms with van der Waals surface area (Å²) >= 11 is 11.2. The van der Waals surface area contributed by atoms with Gasteiger partial charge in [-0.1, -0.05) is 41.9 Å². The zero-order chi connectivity index (χ0) is 17.6. The Balaban J connectivity index is 1.59. The lowest BCUT2D eigenvalue weighted by Gasteiger charge is -2.10. The number of furan rings is 1. The first kappa shape index (κ1) is 17.0. The van der Waals surface area contributed by atoms with Crippen LogP contribution in [0.3, 0.4) is 0 Å². The van der Waals surface area contributed by atoms with Crippen LogP contribution in [0.1, 0.15) is 10.6 Å². The fourth-order valence-electron chi connectivity index (χ4n) is 2.12. The molecule has 3 aromatic rings. The maximum Gasteiger partial charge on any atom is 0.305 e. The van der Waals surface area contributed by atoms with Crippen LogP contribution in [0.15, 0.2) is 71.1 Å². The van der Waals surface area contributed by atoms with Crippen LogP contribution in [0.5, 0.6) is 0 Å². The third-order valence-corrected chi connectivity index (χ3v) is 3.82. The highest BCUT2D eigenvalue weighted by atomic mass is 35.5. The number of amides is 1. The Labute approximate surface area is 155 Å². The number of nitrogens with one attached hydrogen (secondary N) is 3. The van der Waals surface area contributed by atoms with Crippen molar-refractivity contribution in [1.82, 2.24) is 10.9 Å². The van der Waals surface area contributed by atoms with Gasteiger partial charge in [-0.2, -0.15) is 0 Å². The fraction of sp³-hybridized carbons (Fsp3) is 0. The van der Waals surface area contributed by atoms with Gasteiger partial charge in [0.25, 0.3) is 0 Å². The van der Waals surface area contributed by atoms with Crippen molar-refractivity contribution in [1.29, 1.82) is 0 Å². The van der Waals surface area contributed by atoms with Gasteiger partial charge in [-0.05, 0) is 48.6 Å². The van der Waals surface area contributed by atoms with Gasteiger partial charge < -0.3 is 9.73 Å². The Morgan fingerprint density at radius 1 is 0.920 bits per heavy atom. The highest BCUT2D eigenvalue weighted by molar-refractivity contribution is 7.80. The molecule has 1 aromatic heterocycles. The monoisotopic (exact) mass is 371 g/mol. The van der Waals surface area contributed by atoms with E-state index in [-0.39, 0.29) is 10.9 Å². The van der Waals surface area contributed by atoms with Gasteiger partial charge in [0.2, 0.25) is 0 Å². The number of halogens is 1. The van der Waals surface area contributed by atoms with Crippen LogP contribution in [-0.2, 0) is 0 Å². The molecule has 25 heavy (non-hydrogen) atoms. The molecule has 3 rings (SSSR count). The second-order valence-corrected chi connectivity index (χ2v) is 5.86. The Morgan fingerprint density at radius 3 is 2.40 bits per heavy atom. The van der Waals surface area contributed by atoms with E-state index in [1.54, 1.807) is 18.2 Å². The van der Waals surface area contributed by atoms with E-state index in [0.29, 0.717) is 10.8 Å². The summed E-state index contributed by atoms with van der Waals surface area (Å²) in [6, 6.07) is 19.9. The lowest BCUT2D eigenvalue weighted by Crippen LogP contribution is -2.43. The third-order valence-electron chi connectivity index (χ3n) is 3.29. The van der Waals surface area contributed by atoms with Gasteiger partial charge in [0.05, 0.1) is 5.02 Å². The fourth-order valence-corrected chi connectivity index (χ4v) is 2.52. The van der Waals surface area contributed by atoms with Crippen molar-refractivity contribution in [3.63, 3.8) is 0 Å². The van der Waals surface area contributed by atoms with Crippen molar-refractivity contribution >= 4 is 40.5 Å². The van der Waals surface area contributed by atoms with Crippen LogP contribution in [0.2, 0.25) is 5.02 Å². The molecule has 0 fully saturated rings. The van der Waals surface area contributed by atoms with Crippen LogP contribution in [0.25, 0.3) is 11.3 Å². The molecule has 0 saturated carbocycles. The molecule has 2 aromatic carbocycles. The zero-order valence-electron chi connectivity index (χ0n) is 13.0. The summed E-state index contributed by atoms with van der Waals surface area (Å²) in [5, 5.41) is 3.76. The standard InChI is InChI=1S/C18H14ClN3O2S/c19-14-9-5-4-8-13(14)15-10-11-16(24-15)17(23)21-22-18(25)20-12-6-2-1-3-7-12/h1-11H,(H,21,23)(H2,20,22,25). The van der Waals surface area contributed by atoms with E-state index in [2.05, 4.69) is 16.2 Å². The first-order valence-electron chi connectivity index (χ1n) is 7.40. The molecule has 7 heteroatoms. The number of benzene rings is 2. The number of carbonyl (C=O) groups excluding carboxylic acids is 1. The molecule has 0 atom stereocenters. The minimum absolute atomic E-state index is 0.143. The lowest BCUT2D eigenvalue weighted by atomic mass is 10.2. The number of hydrogen-bond acceptors (Lipinski definition) is 3. The second-order valence-electron chi connectivity index (χ2n) is 5.04. The molecule has 126 valence electrons. The molecular formula is C18H14ClN3O2S. The average Bonchev–Trinajstić information content (AvgIpc) is 3.11. The van der Waals surface area contributed by atoms with Crippen molar-refractivity contribution < 1.29 is 9.21 Å². The van der Waals surface area contributed by atoms with E-state index < -0.39 is 5.91 Å². The predicted octanol–water partition coefficient (Wildman–Crippen LogP) is 4.23. The number of hydrazine groups is 1. The molecule has 1 amide bonds. The number of para-hydroxylation sites is 1. The van der Waals surface area contributed by atoms with Crippen LogP contribution < -0.4 is 16.2 Å². The molecule has 5 nitrogen and oxygen atoms in total. The Hall–Kier alpha value is -2.83. The summed E-state index contributed by atoms with van der Waals surface area (Å²) in [5.41, 5.74) is 6.64. The highest BCUT2D eigenvalue weighted by Crippen LogP contribution is 2.28. The first-order valence-corrected chi connectivity index (χ1v) is 8.19. The van der Waals surface area contributed by atoms with E-state index in [0.717, 1.165) is 11.3 Å². The molecule has 0 radical (unpaired) electrons. The summed E-state index contributed by atoms with van der Waals surface area (Å²) in [5.74, 6) is 0.209. The molecule has 0 bridgehead atoms. The van der Waals surface area contributed by atoms with E-state index in [1.807, 2.05) is 48.5 Å². The normalized spacial score (nSPS) is 10.1.